The number of rotatable bonds is 10. The van der Waals surface area contributed by atoms with Gasteiger partial charge in [0.05, 0.1) is 0 Å². The number of para-hydroxylation sites is 1. The highest BCUT2D eigenvalue weighted by Gasteiger charge is 2.17. The molecular weight excluding hydrogens is 408 g/mol. The van der Waals surface area contributed by atoms with E-state index >= 15 is 0 Å². The van der Waals surface area contributed by atoms with E-state index in [-0.39, 0.29) is 5.91 Å². The standard InChI is InChI=1S/C29H32N2O2/c1-22(2)17-29(32)31(16-15-25-19-30-28-14-7-6-13-27(25)28)20-24-11-8-12-26(18-24)33-21-23-9-4-3-5-10-23/h3-14,18-19,22,30H,15-17,20-21H2,1-2H3. The summed E-state index contributed by atoms with van der Waals surface area (Å²) in [5.74, 6) is 1.35. The summed E-state index contributed by atoms with van der Waals surface area (Å²) in [6.07, 6.45) is 3.43. The number of carbonyl (C=O) groups is 1. The SMILES string of the molecule is CC(C)CC(=O)N(CCc1c[nH]c2ccccc12)Cc1cccc(OCc2ccccc2)c1. The monoisotopic (exact) mass is 440 g/mol. The fraction of sp³-hybridized carbons (Fsp3) is 0.276. The molecule has 0 aliphatic rings. The molecule has 4 nitrogen and oxygen atoms in total. The lowest BCUT2D eigenvalue weighted by molar-refractivity contribution is -0.132. The first kappa shape index (κ1) is 22.7. The van der Waals surface area contributed by atoms with Crippen LogP contribution < -0.4 is 4.74 Å². The van der Waals surface area contributed by atoms with Gasteiger partial charge in [-0.2, -0.15) is 0 Å². The van der Waals surface area contributed by atoms with Gasteiger partial charge in [-0.25, -0.2) is 0 Å². The Bertz CT molecular complexity index is 1180. The minimum Gasteiger partial charge on any atom is -0.489 e. The molecule has 33 heavy (non-hydrogen) atoms. The molecule has 0 fully saturated rings. The molecule has 1 aromatic heterocycles. The van der Waals surface area contributed by atoms with Crippen molar-refractivity contribution in [1.29, 1.82) is 0 Å². The van der Waals surface area contributed by atoms with E-state index in [1.54, 1.807) is 0 Å². The van der Waals surface area contributed by atoms with Gasteiger partial charge in [-0.05, 0) is 47.2 Å². The Morgan fingerprint density at radius 2 is 1.70 bits per heavy atom. The van der Waals surface area contributed by atoms with Crippen LogP contribution in [0, 0.1) is 5.92 Å². The van der Waals surface area contributed by atoms with Gasteiger partial charge in [0, 0.05) is 36.6 Å². The van der Waals surface area contributed by atoms with Gasteiger partial charge < -0.3 is 14.6 Å². The Kier molecular flexibility index (Phi) is 7.46. The van der Waals surface area contributed by atoms with Crippen molar-refractivity contribution in [3.05, 3.63) is 102 Å². The molecule has 0 aliphatic heterocycles. The highest BCUT2D eigenvalue weighted by Crippen LogP contribution is 2.21. The fourth-order valence-corrected chi connectivity index (χ4v) is 4.06. The molecule has 170 valence electrons. The smallest absolute Gasteiger partial charge is 0.223 e. The predicted octanol–water partition coefficient (Wildman–Crippen LogP) is 6.36. The summed E-state index contributed by atoms with van der Waals surface area (Å²) in [6.45, 7) is 5.97. The van der Waals surface area contributed by atoms with Crippen LogP contribution in [0.1, 0.15) is 37.0 Å². The normalized spacial score (nSPS) is 11.1. The molecule has 0 saturated carbocycles. The second-order valence-electron chi connectivity index (χ2n) is 8.94. The lowest BCUT2D eigenvalue weighted by Gasteiger charge is -2.24. The summed E-state index contributed by atoms with van der Waals surface area (Å²) >= 11 is 0. The molecule has 3 aromatic carbocycles. The van der Waals surface area contributed by atoms with Gasteiger partial charge in [-0.1, -0.05) is 74.5 Å². The van der Waals surface area contributed by atoms with E-state index in [0.29, 0.717) is 32.0 Å². The van der Waals surface area contributed by atoms with Crippen molar-refractivity contribution in [3.8, 4) is 5.75 Å². The van der Waals surface area contributed by atoms with E-state index in [4.69, 9.17) is 4.74 Å². The Morgan fingerprint density at radius 1 is 0.939 bits per heavy atom. The number of amides is 1. The minimum atomic E-state index is 0.195. The maximum absolute atomic E-state index is 13.1. The lowest BCUT2D eigenvalue weighted by Crippen LogP contribution is -2.33. The van der Waals surface area contributed by atoms with E-state index in [2.05, 4.69) is 61.4 Å². The molecule has 4 aromatic rings. The molecule has 4 rings (SSSR count). The van der Waals surface area contributed by atoms with E-state index in [0.717, 1.165) is 28.8 Å². The third-order valence-corrected chi connectivity index (χ3v) is 5.78. The molecule has 1 amide bonds. The Labute approximate surface area is 196 Å². The third-order valence-electron chi connectivity index (χ3n) is 5.78. The summed E-state index contributed by atoms with van der Waals surface area (Å²) in [6, 6.07) is 26.5. The Morgan fingerprint density at radius 3 is 2.52 bits per heavy atom. The summed E-state index contributed by atoms with van der Waals surface area (Å²) in [5.41, 5.74) is 4.59. The van der Waals surface area contributed by atoms with E-state index in [9.17, 15) is 4.79 Å². The van der Waals surface area contributed by atoms with Crippen LogP contribution in [-0.4, -0.2) is 22.3 Å². The number of aromatic nitrogens is 1. The zero-order valence-corrected chi connectivity index (χ0v) is 19.5. The first-order valence-electron chi connectivity index (χ1n) is 11.7. The second-order valence-corrected chi connectivity index (χ2v) is 8.94. The van der Waals surface area contributed by atoms with Crippen LogP contribution >= 0.6 is 0 Å². The molecule has 1 N–H and O–H groups in total. The number of nitrogens with zero attached hydrogens (tertiary/aromatic N) is 1. The first-order valence-corrected chi connectivity index (χ1v) is 11.7. The number of ether oxygens (including phenoxy) is 1. The van der Waals surface area contributed by atoms with Gasteiger partial charge in [0.15, 0.2) is 0 Å². The summed E-state index contributed by atoms with van der Waals surface area (Å²) in [4.78, 5) is 18.4. The number of fused-ring (bicyclic) bond motifs is 1. The zero-order chi connectivity index (χ0) is 23.0. The van der Waals surface area contributed by atoms with Crippen molar-refractivity contribution in [1.82, 2.24) is 9.88 Å². The van der Waals surface area contributed by atoms with Crippen molar-refractivity contribution in [2.24, 2.45) is 5.92 Å². The van der Waals surface area contributed by atoms with Gasteiger partial charge in [0.1, 0.15) is 12.4 Å². The lowest BCUT2D eigenvalue weighted by atomic mass is 10.1. The van der Waals surface area contributed by atoms with Crippen LogP contribution in [0.2, 0.25) is 0 Å². The van der Waals surface area contributed by atoms with Crippen LogP contribution in [0.15, 0.2) is 85.1 Å². The number of carbonyl (C=O) groups excluding carboxylic acids is 1. The van der Waals surface area contributed by atoms with Crippen molar-refractivity contribution in [3.63, 3.8) is 0 Å². The molecule has 0 spiro atoms. The largest absolute Gasteiger partial charge is 0.489 e. The second kappa shape index (κ2) is 10.9. The fourth-order valence-electron chi connectivity index (χ4n) is 4.06. The molecule has 0 radical (unpaired) electrons. The average molecular weight is 441 g/mol. The maximum atomic E-state index is 13.1. The minimum absolute atomic E-state index is 0.195. The number of aromatic amines is 1. The summed E-state index contributed by atoms with van der Waals surface area (Å²) < 4.78 is 6.00. The maximum Gasteiger partial charge on any atom is 0.223 e. The van der Waals surface area contributed by atoms with E-state index in [1.807, 2.05) is 47.4 Å². The Balaban J connectivity index is 1.45. The summed E-state index contributed by atoms with van der Waals surface area (Å²) in [7, 11) is 0. The van der Waals surface area contributed by atoms with Crippen LogP contribution in [0.5, 0.6) is 5.75 Å². The first-order chi connectivity index (χ1) is 16.1. The average Bonchev–Trinajstić information content (AvgIpc) is 3.24. The number of nitrogens with one attached hydrogen (secondary N) is 1. The number of H-pyrrole nitrogens is 1. The number of benzene rings is 3. The van der Waals surface area contributed by atoms with Gasteiger partial charge in [0.2, 0.25) is 5.91 Å². The van der Waals surface area contributed by atoms with Gasteiger partial charge in [-0.3, -0.25) is 4.79 Å². The van der Waals surface area contributed by atoms with Crippen molar-refractivity contribution in [2.45, 2.75) is 39.8 Å². The highest BCUT2D eigenvalue weighted by molar-refractivity contribution is 5.83. The molecule has 0 saturated heterocycles. The van der Waals surface area contributed by atoms with Crippen LogP contribution in [-0.2, 0) is 24.4 Å². The van der Waals surface area contributed by atoms with Crippen molar-refractivity contribution < 1.29 is 9.53 Å². The summed E-state index contributed by atoms with van der Waals surface area (Å²) in [5, 5.41) is 1.23. The third kappa shape index (κ3) is 6.26. The van der Waals surface area contributed by atoms with E-state index < -0.39 is 0 Å². The quantitative estimate of drug-likeness (QED) is 0.312. The molecule has 0 atom stereocenters. The molecule has 4 heteroatoms. The van der Waals surface area contributed by atoms with Gasteiger partial charge in [-0.15, -0.1) is 0 Å². The molecular formula is C29H32N2O2. The highest BCUT2D eigenvalue weighted by atomic mass is 16.5. The van der Waals surface area contributed by atoms with Crippen LogP contribution in [0.4, 0.5) is 0 Å². The predicted molar refractivity (Wildman–Crippen MR) is 134 cm³/mol. The molecule has 1 heterocycles. The molecule has 0 aliphatic carbocycles. The van der Waals surface area contributed by atoms with Crippen molar-refractivity contribution in [2.75, 3.05) is 6.54 Å². The molecule has 0 unspecified atom stereocenters. The number of hydrogen-bond acceptors (Lipinski definition) is 2. The zero-order valence-electron chi connectivity index (χ0n) is 19.5. The number of hydrogen-bond donors (Lipinski definition) is 1. The van der Waals surface area contributed by atoms with Crippen LogP contribution in [0.3, 0.4) is 0 Å². The van der Waals surface area contributed by atoms with Crippen LogP contribution in [0.25, 0.3) is 10.9 Å². The van der Waals surface area contributed by atoms with Gasteiger partial charge >= 0.3 is 0 Å². The topological polar surface area (TPSA) is 45.3 Å². The van der Waals surface area contributed by atoms with Crippen molar-refractivity contribution >= 4 is 16.8 Å². The van der Waals surface area contributed by atoms with Gasteiger partial charge in [0.25, 0.3) is 0 Å². The molecule has 0 bridgehead atoms. The van der Waals surface area contributed by atoms with E-state index in [1.165, 1.54) is 10.9 Å². The Hall–Kier alpha value is -3.53.